The number of likely N-dealkylation sites (N-methyl/N-ethyl adjacent to an activating group) is 1. The Kier molecular flexibility index (Phi) is 13.2. The summed E-state index contributed by atoms with van der Waals surface area (Å²) in [5.74, 6) is 1.15. The summed E-state index contributed by atoms with van der Waals surface area (Å²) < 4.78 is 5.34. The van der Waals surface area contributed by atoms with E-state index in [1.165, 1.54) is 25.7 Å². The topological polar surface area (TPSA) is 69.2 Å². The number of nitrogens with zero attached hydrogens (tertiary/aromatic N) is 3. The maximum atomic E-state index is 12.3. The van der Waals surface area contributed by atoms with Gasteiger partial charge in [0.1, 0.15) is 0 Å². The van der Waals surface area contributed by atoms with Crippen molar-refractivity contribution in [1.82, 2.24) is 20.4 Å². The van der Waals surface area contributed by atoms with Crippen LogP contribution in [0.5, 0.6) is 0 Å². The summed E-state index contributed by atoms with van der Waals surface area (Å²) in [5.41, 5.74) is 0.313. The number of halogens is 1. The van der Waals surface area contributed by atoms with Crippen LogP contribution in [0.2, 0.25) is 0 Å². The molecular formula is C22H44IN5O2. The van der Waals surface area contributed by atoms with Gasteiger partial charge in [0, 0.05) is 54.0 Å². The molecule has 1 aliphatic heterocycles. The molecule has 7 nitrogen and oxygen atoms in total. The predicted molar refractivity (Wildman–Crippen MR) is 135 cm³/mol. The number of likely N-dealkylation sites (tertiary alicyclic amines) is 1. The molecule has 1 saturated carbocycles. The third kappa shape index (κ3) is 8.49. The van der Waals surface area contributed by atoms with E-state index in [2.05, 4.69) is 22.5 Å². The average Bonchev–Trinajstić information content (AvgIpc) is 3.37. The molecule has 0 bridgehead atoms. The van der Waals surface area contributed by atoms with E-state index in [0.29, 0.717) is 5.41 Å². The van der Waals surface area contributed by atoms with Crippen LogP contribution in [0.15, 0.2) is 4.99 Å². The highest BCUT2D eigenvalue weighted by molar-refractivity contribution is 14.0. The second kappa shape index (κ2) is 14.5. The summed E-state index contributed by atoms with van der Waals surface area (Å²) in [6.45, 7) is 7.52. The van der Waals surface area contributed by atoms with Crippen LogP contribution < -0.4 is 10.6 Å². The van der Waals surface area contributed by atoms with E-state index < -0.39 is 0 Å². The van der Waals surface area contributed by atoms with Gasteiger partial charge in [0.25, 0.3) is 0 Å². The fourth-order valence-corrected chi connectivity index (χ4v) is 4.68. The summed E-state index contributed by atoms with van der Waals surface area (Å²) in [5, 5.41) is 6.88. The SMILES string of the molecule is CCNC(=NCC1(CCOC)CCCC1)NCCCN1CCCC1C(=O)N(C)C.I. The van der Waals surface area contributed by atoms with E-state index >= 15 is 0 Å². The van der Waals surface area contributed by atoms with E-state index in [4.69, 9.17) is 9.73 Å². The number of aliphatic imine (C=N–C) groups is 1. The van der Waals surface area contributed by atoms with Crippen molar-refractivity contribution in [2.75, 3.05) is 60.5 Å². The number of hydrogen-bond donors (Lipinski definition) is 2. The van der Waals surface area contributed by atoms with Gasteiger partial charge in [-0.15, -0.1) is 24.0 Å². The van der Waals surface area contributed by atoms with Gasteiger partial charge in [-0.25, -0.2) is 0 Å². The number of carbonyl (C=O) groups excluding carboxylic acids is 1. The van der Waals surface area contributed by atoms with Crippen molar-refractivity contribution >= 4 is 35.8 Å². The van der Waals surface area contributed by atoms with Gasteiger partial charge in [0.2, 0.25) is 5.91 Å². The quantitative estimate of drug-likeness (QED) is 0.184. The van der Waals surface area contributed by atoms with Gasteiger partial charge in [-0.05, 0) is 57.4 Å². The van der Waals surface area contributed by atoms with Gasteiger partial charge < -0.3 is 20.3 Å². The lowest BCUT2D eigenvalue weighted by atomic mass is 9.83. The van der Waals surface area contributed by atoms with Crippen molar-refractivity contribution in [3.05, 3.63) is 0 Å². The number of carbonyl (C=O) groups is 1. The Bertz CT molecular complexity index is 524. The van der Waals surface area contributed by atoms with Crippen LogP contribution in [-0.2, 0) is 9.53 Å². The molecule has 1 atom stereocenters. The Morgan fingerprint density at radius 3 is 2.60 bits per heavy atom. The van der Waals surface area contributed by atoms with Gasteiger partial charge in [-0.2, -0.15) is 0 Å². The number of hydrogen-bond acceptors (Lipinski definition) is 4. The second-order valence-corrected chi connectivity index (χ2v) is 8.85. The first-order valence-electron chi connectivity index (χ1n) is 11.5. The largest absolute Gasteiger partial charge is 0.385 e. The summed E-state index contributed by atoms with van der Waals surface area (Å²) in [7, 11) is 5.49. The van der Waals surface area contributed by atoms with Crippen LogP contribution in [0.3, 0.4) is 0 Å². The first kappa shape index (κ1) is 27.4. The summed E-state index contributed by atoms with van der Waals surface area (Å²) in [4.78, 5) is 21.3. The van der Waals surface area contributed by atoms with Crippen LogP contribution in [0.1, 0.15) is 58.3 Å². The maximum Gasteiger partial charge on any atom is 0.239 e. The van der Waals surface area contributed by atoms with Crippen LogP contribution in [0.25, 0.3) is 0 Å². The molecule has 1 unspecified atom stereocenters. The number of guanidine groups is 1. The summed E-state index contributed by atoms with van der Waals surface area (Å²) >= 11 is 0. The Labute approximate surface area is 200 Å². The molecule has 1 heterocycles. The maximum absolute atomic E-state index is 12.3. The molecule has 176 valence electrons. The number of nitrogens with one attached hydrogen (secondary N) is 2. The van der Waals surface area contributed by atoms with Crippen molar-refractivity contribution in [1.29, 1.82) is 0 Å². The lowest BCUT2D eigenvalue weighted by Gasteiger charge is -2.27. The number of methoxy groups -OCH3 is 1. The number of rotatable bonds is 11. The predicted octanol–water partition coefficient (Wildman–Crippen LogP) is 2.70. The highest BCUT2D eigenvalue weighted by Gasteiger charge is 2.33. The Hall–Kier alpha value is -0.610. The molecule has 0 spiro atoms. The van der Waals surface area contributed by atoms with Gasteiger partial charge >= 0.3 is 0 Å². The van der Waals surface area contributed by atoms with Crippen molar-refractivity contribution in [3.8, 4) is 0 Å². The minimum atomic E-state index is 0. The van der Waals surface area contributed by atoms with Gasteiger partial charge in [0.05, 0.1) is 6.04 Å². The van der Waals surface area contributed by atoms with Crippen molar-refractivity contribution in [2.45, 2.75) is 64.3 Å². The molecule has 2 rings (SSSR count). The lowest BCUT2D eigenvalue weighted by Crippen LogP contribution is -2.44. The Morgan fingerprint density at radius 2 is 1.97 bits per heavy atom. The number of ether oxygens (including phenoxy) is 1. The fourth-order valence-electron chi connectivity index (χ4n) is 4.68. The molecule has 0 radical (unpaired) electrons. The Balaban J connectivity index is 0.00000450. The first-order chi connectivity index (χ1) is 14.0. The zero-order valence-corrected chi connectivity index (χ0v) is 21.9. The molecule has 2 N–H and O–H groups in total. The van der Waals surface area contributed by atoms with Crippen molar-refractivity contribution in [3.63, 3.8) is 0 Å². The third-order valence-electron chi connectivity index (χ3n) is 6.42. The fraction of sp³-hybridized carbons (Fsp3) is 0.909. The van der Waals surface area contributed by atoms with Gasteiger partial charge in [0.15, 0.2) is 5.96 Å². The summed E-state index contributed by atoms with van der Waals surface area (Å²) in [6.07, 6.45) is 9.35. The third-order valence-corrected chi connectivity index (χ3v) is 6.42. The van der Waals surface area contributed by atoms with E-state index in [9.17, 15) is 4.79 Å². The normalized spacial score (nSPS) is 21.3. The van der Waals surface area contributed by atoms with Gasteiger partial charge in [-0.3, -0.25) is 14.7 Å². The zero-order chi connectivity index (χ0) is 21.1. The molecule has 0 aromatic carbocycles. The average molecular weight is 538 g/mol. The molecule has 1 amide bonds. The van der Waals surface area contributed by atoms with Crippen LogP contribution >= 0.6 is 24.0 Å². The second-order valence-electron chi connectivity index (χ2n) is 8.85. The monoisotopic (exact) mass is 537 g/mol. The molecular weight excluding hydrogens is 493 g/mol. The van der Waals surface area contributed by atoms with Gasteiger partial charge in [-0.1, -0.05) is 12.8 Å². The minimum absolute atomic E-state index is 0. The van der Waals surface area contributed by atoms with Crippen molar-refractivity contribution in [2.24, 2.45) is 10.4 Å². The highest BCUT2D eigenvalue weighted by Crippen LogP contribution is 2.41. The zero-order valence-electron chi connectivity index (χ0n) is 19.5. The molecule has 2 aliphatic rings. The molecule has 8 heteroatoms. The van der Waals surface area contributed by atoms with E-state index in [-0.39, 0.29) is 35.9 Å². The van der Waals surface area contributed by atoms with Crippen LogP contribution in [0, 0.1) is 5.41 Å². The van der Waals surface area contributed by atoms with Crippen molar-refractivity contribution < 1.29 is 9.53 Å². The van der Waals surface area contributed by atoms with E-state index in [1.807, 2.05) is 14.1 Å². The van der Waals surface area contributed by atoms with E-state index in [0.717, 1.165) is 71.0 Å². The molecule has 1 saturated heterocycles. The van der Waals surface area contributed by atoms with Crippen LogP contribution in [0.4, 0.5) is 0 Å². The van der Waals surface area contributed by atoms with E-state index in [1.54, 1.807) is 12.0 Å². The lowest BCUT2D eigenvalue weighted by molar-refractivity contribution is -0.133. The first-order valence-corrected chi connectivity index (χ1v) is 11.5. The number of amides is 1. The molecule has 0 aromatic heterocycles. The minimum Gasteiger partial charge on any atom is -0.385 e. The summed E-state index contributed by atoms with van der Waals surface area (Å²) in [6, 6.07) is 0.0647. The van der Waals surface area contributed by atoms with Crippen LogP contribution in [-0.4, -0.2) is 88.2 Å². The molecule has 2 fully saturated rings. The molecule has 0 aromatic rings. The molecule has 30 heavy (non-hydrogen) atoms. The molecule has 1 aliphatic carbocycles. The Morgan fingerprint density at radius 1 is 1.23 bits per heavy atom. The standard InChI is InChI=1S/C22H43N5O2.HI/c1-5-23-21(25-18-22(13-17-29-4)11-6-7-12-22)24-14-9-16-27-15-8-10-19(27)20(28)26(2)3;/h19H,5-18H2,1-4H3,(H2,23,24,25);1H. The smallest absolute Gasteiger partial charge is 0.239 e. The highest BCUT2D eigenvalue weighted by atomic mass is 127.